The van der Waals surface area contributed by atoms with E-state index in [1.54, 1.807) is 0 Å². The van der Waals surface area contributed by atoms with Crippen LogP contribution in [0, 0.1) is 0 Å². The molecule has 1 aromatic rings. The minimum atomic E-state index is -0.404. The molecule has 82 valence electrons. The summed E-state index contributed by atoms with van der Waals surface area (Å²) in [7, 11) is 0. The van der Waals surface area contributed by atoms with Crippen molar-refractivity contribution in [1.82, 2.24) is 0 Å². The quantitative estimate of drug-likeness (QED) is 0.772. The Morgan fingerprint density at radius 2 is 2.13 bits per heavy atom. The van der Waals surface area contributed by atoms with Crippen LogP contribution in [0.3, 0.4) is 0 Å². The second-order valence-corrected chi connectivity index (χ2v) is 3.26. The zero-order valence-corrected chi connectivity index (χ0v) is 8.90. The molecule has 3 nitrogen and oxygen atoms in total. The molecule has 0 bridgehead atoms. The van der Waals surface area contributed by atoms with Gasteiger partial charge in [-0.3, -0.25) is 4.79 Å². The highest BCUT2D eigenvalue weighted by atomic mass is 16.5. The Kier molecular flexibility index (Phi) is 4.84. The first-order chi connectivity index (χ1) is 7.27. The molecule has 0 saturated carbocycles. The Morgan fingerprint density at radius 3 is 2.80 bits per heavy atom. The zero-order valence-electron chi connectivity index (χ0n) is 8.90. The predicted molar refractivity (Wildman–Crippen MR) is 58.0 cm³/mol. The van der Waals surface area contributed by atoms with Crippen LogP contribution in [0.4, 0.5) is 0 Å². The van der Waals surface area contributed by atoms with E-state index < -0.39 is 6.61 Å². The molecule has 0 fully saturated rings. The summed E-state index contributed by atoms with van der Waals surface area (Å²) in [5, 5.41) is 8.53. The molecule has 1 rings (SSSR count). The van der Waals surface area contributed by atoms with Crippen LogP contribution in [0.5, 0.6) is 5.75 Å². The first-order valence-electron chi connectivity index (χ1n) is 5.11. The third-order valence-electron chi connectivity index (χ3n) is 2.17. The summed E-state index contributed by atoms with van der Waals surface area (Å²) in [5.41, 5.74) is 1.13. The number of carbonyl (C=O) groups excluding carboxylic acids is 1. The number of Topliss-reactive ketones (excluding diaryl/α,β-unsaturated/α-hetero) is 1. The Bertz CT molecular complexity index is 320. The summed E-state index contributed by atoms with van der Waals surface area (Å²) in [5.74, 6) is 0.634. The predicted octanol–water partition coefficient (Wildman–Crippen LogP) is 1.58. The molecule has 0 spiro atoms. The van der Waals surface area contributed by atoms with E-state index in [0.29, 0.717) is 6.61 Å². The number of aliphatic hydroxyl groups is 1. The lowest BCUT2D eigenvalue weighted by molar-refractivity contribution is -0.122. The monoisotopic (exact) mass is 208 g/mol. The molecule has 0 saturated heterocycles. The molecule has 0 aliphatic heterocycles. The Labute approximate surface area is 89.7 Å². The van der Waals surface area contributed by atoms with Crippen molar-refractivity contribution in [2.75, 3.05) is 13.2 Å². The maximum absolute atomic E-state index is 10.8. The average Bonchev–Trinajstić information content (AvgIpc) is 2.29. The van der Waals surface area contributed by atoms with E-state index >= 15 is 0 Å². The second-order valence-electron chi connectivity index (χ2n) is 3.26. The largest absolute Gasteiger partial charge is 0.493 e. The highest BCUT2D eigenvalue weighted by Gasteiger charge is 2.02. The van der Waals surface area contributed by atoms with Gasteiger partial charge in [0.15, 0.2) is 5.78 Å². The van der Waals surface area contributed by atoms with Gasteiger partial charge in [-0.15, -0.1) is 0 Å². The van der Waals surface area contributed by atoms with Crippen LogP contribution in [0.2, 0.25) is 0 Å². The molecule has 1 aromatic carbocycles. The first-order valence-corrected chi connectivity index (χ1v) is 5.11. The van der Waals surface area contributed by atoms with Crippen molar-refractivity contribution >= 4 is 5.78 Å². The molecule has 0 aromatic heterocycles. The van der Waals surface area contributed by atoms with Crippen LogP contribution < -0.4 is 4.74 Å². The van der Waals surface area contributed by atoms with Gasteiger partial charge < -0.3 is 9.84 Å². The zero-order chi connectivity index (χ0) is 11.1. The van der Waals surface area contributed by atoms with E-state index in [9.17, 15) is 4.79 Å². The summed E-state index contributed by atoms with van der Waals surface area (Å²) in [4.78, 5) is 10.8. The lowest BCUT2D eigenvalue weighted by Gasteiger charge is -2.09. The van der Waals surface area contributed by atoms with Gasteiger partial charge in [-0.25, -0.2) is 0 Å². The van der Waals surface area contributed by atoms with E-state index in [0.717, 1.165) is 17.7 Å². The lowest BCUT2D eigenvalue weighted by atomic mass is 10.1. The van der Waals surface area contributed by atoms with Gasteiger partial charge in [-0.2, -0.15) is 0 Å². The number of ketones is 1. The minimum absolute atomic E-state index is 0.191. The van der Waals surface area contributed by atoms with Crippen LogP contribution in [0.25, 0.3) is 0 Å². The SMILES string of the molecule is CCc1ccccc1OCCC(=O)CO. The van der Waals surface area contributed by atoms with Crippen molar-refractivity contribution in [3.8, 4) is 5.75 Å². The number of carbonyl (C=O) groups is 1. The first kappa shape index (κ1) is 11.7. The van der Waals surface area contributed by atoms with E-state index in [1.165, 1.54) is 0 Å². The Hall–Kier alpha value is -1.35. The number of aryl methyl sites for hydroxylation is 1. The number of benzene rings is 1. The summed E-state index contributed by atoms with van der Waals surface area (Å²) in [6, 6.07) is 7.76. The molecule has 0 amide bonds. The number of hydrogen-bond donors (Lipinski definition) is 1. The maximum atomic E-state index is 10.8. The van der Waals surface area contributed by atoms with Gasteiger partial charge in [0, 0.05) is 6.42 Å². The van der Waals surface area contributed by atoms with Gasteiger partial charge in [0.05, 0.1) is 6.61 Å². The van der Waals surface area contributed by atoms with Crippen molar-refractivity contribution in [3.05, 3.63) is 29.8 Å². The minimum Gasteiger partial charge on any atom is -0.493 e. The maximum Gasteiger partial charge on any atom is 0.161 e. The third kappa shape index (κ3) is 3.72. The van der Waals surface area contributed by atoms with Crippen LogP contribution >= 0.6 is 0 Å². The number of aliphatic hydroxyl groups excluding tert-OH is 1. The van der Waals surface area contributed by atoms with E-state index in [4.69, 9.17) is 9.84 Å². The van der Waals surface area contributed by atoms with Crippen LogP contribution in [0.15, 0.2) is 24.3 Å². The van der Waals surface area contributed by atoms with Gasteiger partial charge >= 0.3 is 0 Å². The molecule has 0 aliphatic rings. The van der Waals surface area contributed by atoms with Crippen molar-refractivity contribution in [2.24, 2.45) is 0 Å². The Balaban J connectivity index is 2.46. The molecule has 0 atom stereocenters. The fourth-order valence-corrected chi connectivity index (χ4v) is 1.29. The fraction of sp³-hybridized carbons (Fsp3) is 0.417. The summed E-state index contributed by atoms with van der Waals surface area (Å²) in [6.45, 7) is 1.98. The summed E-state index contributed by atoms with van der Waals surface area (Å²) >= 11 is 0. The molecule has 15 heavy (non-hydrogen) atoms. The average molecular weight is 208 g/mol. The standard InChI is InChI=1S/C12H16O3/c1-2-10-5-3-4-6-12(10)15-8-7-11(14)9-13/h3-6,13H,2,7-9H2,1H3. The van der Waals surface area contributed by atoms with Crippen LogP contribution in [0.1, 0.15) is 18.9 Å². The van der Waals surface area contributed by atoms with E-state index in [-0.39, 0.29) is 12.2 Å². The van der Waals surface area contributed by atoms with Gasteiger partial charge in [0.1, 0.15) is 12.4 Å². The third-order valence-corrected chi connectivity index (χ3v) is 2.17. The highest BCUT2D eigenvalue weighted by Crippen LogP contribution is 2.18. The van der Waals surface area contributed by atoms with Crippen molar-refractivity contribution in [2.45, 2.75) is 19.8 Å². The summed E-state index contributed by atoms with van der Waals surface area (Å²) in [6.07, 6.45) is 1.17. The van der Waals surface area contributed by atoms with Crippen LogP contribution in [-0.2, 0) is 11.2 Å². The summed E-state index contributed by atoms with van der Waals surface area (Å²) < 4.78 is 5.47. The molecule has 3 heteroatoms. The number of para-hydroxylation sites is 1. The molecular weight excluding hydrogens is 192 g/mol. The second kappa shape index (κ2) is 6.19. The molecule has 0 unspecified atom stereocenters. The number of ether oxygens (including phenoxy) is 1. The molecule has 1 N–H and O–H groups in total. The number of hydrogen-bond acceptors (Lipinski definition) is 3. The lowest BCUT2D eigenvalue weighted by Crippen LogP contribution is -2.10. The molecular formula is C12H16O3. The van der Waals surface area contributed by atoms with Crippen molar-refractivity contribution in [3.63, 3.8) is 0 Å². The molecule has 0 heterocycles. The van der Waals surface area contributed by atoms with Crippen molar-refractivity contribution < 1.29 is 14.6 Å². The van der Waals surface area contributed by atoms with E-state index in [2.05, 4.69) is 6.92 Å². The smallest absolute Gasteiger partial charge is 0.161 e. The van der Waals surface area contributed by atoms with Gasteiger partial charge in [0.2, 0.25) is 0 Å². The number of rotatable bonds is 6. The fourth-order valence-electron chi connectivity index (χ4n) is 1.29. The van der Waals surface area contributed by atoms with Gasteiger partial charge in [-0.1, -0.05) is 25.1 Å². The topological polar surface area (TPSA) is 46.5 Å². The van der Waals surface area contributed by atoms with Crippen LogP contribution in [-0.4, -0.2) is 24.1 Å². The highest BCUT2D eigenvalue weighted by molar-refractivity contribution is 5.79. The van der Waals surface area contributed by atoms with Gasteiger partial charge in [0.25, 0.3) is 0 Å². The van der Waals surface area contributed by atoms with E-state index in [1.807, 2.05) is 24.3 Å². The van der Waals surface area contributed by atoms with Crippen molar-refractivity contribution in [1.29, 1.82) is 0 Å². The van der Waals surface area contributed by atoms with Gasteiger partial charge in [-0.05, 0) is 18.1 Å². The molecule has 0 radical (unpaired) electrons. The normalized spacial score (nSPS) is 10.0. The Morgan fingerprint density at radius 1 is 1.40 bits per heavy atom. The molecule has 0 aliphatic carbocycles.